The van der Waals surface area contributed by atoms with Gasteiger partial charge in [-0.3, -0.25) is 9.78 Å². The summed E-state index contributed by atoms with van der Waals surface area (Å²) in [4.78, 5) is 17.5. The van der Waals surface area contributed by atoms with Crippen molar-refractivity contribution < 1.29 is 13.2 Å². The van der Waals surface area contributed by atoms with Gasteiger partial charge in [-0.25, -0.2) is 8.42 Å². The number of hydrogen-bond donors (Lipinski definition) is 1. The van der Waals surface area contributed by atoms with Crippen molar-refractivity contribution in [3.05, 3.63) is 59.5 Å². The van der Waals surface area contributed by atoms with Crippen LogP contribution >= 0.6 is 0 Å². The van der Waals surface area contributed by atoms with E-state index >= 15 is 0 Å². The number of pyridine rings is 1. The molecular weight excluding hydrogens is 412 g/mol. The van der Waals surface area contributed by atoms with E-state index in [1.165, 1.54) is 10.4 Å². The predicted molar refractivity (Wildman–Crippen MR) is 120 cm³/mol. The molecule has 1 aromatic carbocycles. The standard InChI is InChI=1S/C23H28N4O3S/c1-15-13-27(14-16(15)2)31(29,30)22-11-21(26(4)17(22)3)23(28)25-12-18-7-5-9-20-19(18)8-6-10-24-20/h5-11,15-16H,12-14H2,1-4H3,(H,25,28)/t15-,16-/m0/s1. The minimum absolute atomic E-state index is 0.204. The fourth-order valence-corrected chi connectivity index (χ4v) is 6.06. The number of aromatic nitrogens is 2. The molecule has 3 heterocycles. The Kier molecular flexibility index (Phi) is 5.61. The quantitative estimate of drug-likeness (QED) is 0.661. The van der Waals surface area contributed by atoms with Crippen molar-refractivity contribution >= 4 is 26.8 Å². The van der Waals surface area contributed by atoms with Crippen LogP contribution in [-0.2, 0) is 23.6 Å². The van der Waals surface area contributed by atoms with Crippen LogP contribution in [0.2, 0.25) is 0 Å². The number of rotatable bonds is 5. The van der Waals surface area contributed by atoms with Crippen LogP contribution in [-0.4, -0.2) is 41.3 Å². The largest absolute Gasteiger partial charge is 0.347 e. The van der Waals surface area contributed by atoms with Gasteiger partial charge in [-0.15, -0.1) is 0 Å². The van der Waals surface area contributed by atoms with Gasteiger partial charge in [-0.2, -0.15) is 4.31 Å². The van der Waals surface area contributed by atoms with Crippen LogP contribution < -0.4 is 5.32 Å². The van der Waals surface area contributed by atoms with E-state index in [1.54, 1.807) is 24.7 Å². The molecule has 1 aliphatic heterocycles. The fraction of sp³-hybridized carbons (Fsp3) is 0.391. The number of benzene rings is 1. The maximum absolute atomic E-state index is 13.2. The minimum Gasteiger partial charge on any atom is -0.347 e. The van der Waals surface area contributed by atoms with Crippen molar-refractivity contribution in [2.24, 2.45) is 18.9 Å². The Morgan fingerprint density at radius 2 is 1.87 bits per heavy atom. The van der Waals surface area contributed by atoms with E-state index in [2.05, 4.69) is 24.1 Å². The maximum Gasteiger partial charge on any atom is 0.268 e. The molecule has 0 saturated carbocycles. The zero-order chi connectivity index (χ0) is 22.3. The Balaban J connectivity index is 1.57. The molecule has 7 nitrogen and oxygen atoms in total. The smallest absolute Gasteiger partial charge is 0.268 e. The molecule has 0 radical (unpaired) electrons. The summed E-state index contributed by atoms with van der Waals surface area (Å²) >= 11 is 0. The van der Waals surface area contributed by atoms with Gasteiger partial charge in [0.15, 0.2) is 0 Å². The average molecular weight is 441 g/mol. The number of carbonyl (C=O) groups is 1. The summed E-state index contributed by atoms with van der Waals surface area (Å²) in [5.41, 5.74) is 2.71. The van der Waals surface area contributed by atoms with Crippen molar-refractivity contribution in [3.63, 3.8) is 0 Å². The Morgan fingerprint density at radius 3 is 2.58 bits per heavy atom. The highest BCUT2D eigenvalue weighted by Gasteiger charge is 2.37. The van der Waals surface area contributed by atoms with Crippen LogP contribution in [0.3, 0.4) is 0 Å². The highest BCUT2D eigenvalue weighted by molar-refractivity contribution is 7.89. The van der Waals surface area contributed by atoms with E-state index in [1.807, 2.05) is 30.3 Å². The topological polar surface area (TPSA) is 84.3 Å². The molecule has 2 aromatic heterocycles. The molecule has 1 saturated heterocycles. The van der Waals surface area contributed by atoms with Crippen LogP contribution in [0.5, 0.6) is 0 Å². The summed E-state index contributed by atoms with van der Waals surface area (Å²) in [5, 5.41) is 3.91. The van der Waals surface area contributed by atoms with Gasteiger partial charge in [0, 0.05) is 44.0 Å². The molecule has 1 aliphatic rings. The molecule has 1 amide bonds. The third kappa shape index (κ3) is 3.85. The number of nitrogens with one attached hydrogen (secondary N) is 1. The van der Waals surface area contributed by atoms with E-state index in [0.29, 0.717) is 42.9 Å². The lowest BCUT2D eigenvalue weighted by Crippen LogP contribution is -2.29. The second-order valence-electron chi connectivity index (χ2n) is 8.48. The zero-order valence-electron chi connectivity index (χ0n) is 18.3. The monoisotopic (exact) mass is 440 g/mol. The van der Waals surface area contributed by atoms with Gasteiger partial charge in [0.1, 0.15) is 10.6 Å². The first-order valence-corrected chi connectivity index (χ1v) is 11.9. The Labute approximate surface area is 183 Å². The van der Waals surface area contributed by atoms with Gasteiger partial charge in [0.25, 0.3) is 5.91 Å². The molecule has 0 bridgehead atoms. The molecule has 1 fully saturated rings. The highest BCUT2D eigenvalue weighted by Crippen LogP contribution is 2.30. The molecular formula is C23H28N4O3S. The highest BCUT2D eigenvalue weighted by atomic mass is 32.2. The zero-order valence-corrected chi connectivity index (χ0v) is 19.1. The molecule has 31 heavy (non-hydrogen) atoms. The molecule has 0 spiro atoms. The second-order valence-corrected chi connectivity index (χ2v) is 10.4. The van der Waals surface area contributed by atoms with Gasteiger partial charge >= 0.3 is 0 Å². The average Bonchev–Trinajstić information content (AvgIpc) is 3.26. The van der Waals surface area contributed by atoms with Crippen molar-refractivity contribution in [1.82, 2.24) is 19.2 Å². The number of nitrogens with zero attached hydrogens (tertiary/aromatic N) is 3. The number of fused-ring (bicyclic) bond motifs is 1. The summed E-state index contributed by atoms with van der Waals surface area (Å²) in [5.74, 6) is 0.324. The lowest BCUT2D eigenvalue weighted by Gasteiger charge is -2.16. The van der Waals surface area contributed by atoms with Gasteiger partial charge in [-0.1, -0.05) is 32.0 Å². The summed E-state index contributed by atoms with van der Waals surface area (Å²) in [6.07, 6.45) is 1.74. The Morgan fingerprint density at radius 1 is 1.16 bits per heavy atom. The fourth-order valence-electron chi connectivity index (χ4n) is 4.15. The molecule has 0 unspecified atom stereocenters. The van der Waals surface area contributed by atoms with Crippen molar-refractivity contribution in [2.45, 2.75) is 32.2 Å². The molecule has 8 heteroatoms. The molecule has 4 rings (SSSR count). The lowest BCUT2D eigenvalue weighted by atomic mass is 10.0. The van der Waals surface area contributed by atoms with Crippen LogP contribution in [0, 0.1) is 18.8 Å². The predicted octanol–water partition coefficient (Wildman–Crippen LogP) is 3.09. The number of carbonyl (C=O) groups excluding carboxylic acids is 1. The molecule has 1 N–H and O–H groups in total. The Hall–Kier alpha value is -2.71. The van der Waals surface area contributed by atoms with Gasteiger partial charge in [-0.05, 0) is 42.5 Å². The van der Waals surface area contributed by atoms with Crippen molar-refractivity contribution in [1.29, 1.82) is 0 Å². The third-order valence-corrected chi connectivity index (χ3v) is 8.42. The van der Waals surface area contributed by atoms with E-state index in [9.17, 15) is 13.2 Å². The van der Waals surface area contributed by atoms with Gasteiger partial charge in [0.05, 0.1) is 5.52 Å². The molecule has 2 atom stereocenters. The lowest BCUT2D eigenvalue weighted by molar-refractivity contribution is 0.0942. The summed E-state index contributed by atoms with van der Waals surface area (Å²) in [6, 6.07) is 11.1. The minimum atomic E-state index is -3.64. The van der Waals surface area contributed by atoms with Crippen LogP contribution in [0.15, 0.2) is 47.5 Å². The first kappa shape index (κ1) is 21.5. The number of hydrogen-bond acceptors (Lipinski definition) is 4. The number of sulfonamides is 1. The molecule has 164 valence electrons. The normalized spacial score (nSPS) is 19.7. The van der Waals surface area contributed by atoms with Crippen molar-refractivity contribution in [3.8, 4) is 0 Å². The van der Waals surface area contributed by atoms with E-state index in [0.717, 1.165) is 16.5 Å². The van der Waals surface area contributed by atoms with Crippen molar-refractivity contribution in [2.75, 3.05) is 13.1 Å². The maximum atomic E-state index is 13.2. The van der Waals surface area contributed by atoms with Gasteiger partial charge < -0.3 is 9.88 Å². The summed E-state index contributed by atoms with van der Waals surface area (Å²) < 4.78 is 29.7. The first-order valence-electron chi connectivity index (χ1n) is 10.5. The Bertz CT molecular complexity index is 1230. The van der Waals surface area contributed by atoms with Crippen LogP contribution in [0.1, 0.15) is 35.6 Å². The SMILES string of the molecule is Cc1c(S(=O)(=O)N2C[C@H](C)[C@@H](C)C2)cc(C(=O)NCc2cccc3ncccc23)n1C. The molecule has 0 aliphatic carbocycles. The summed E-state index contributed by atoms with van der Waals surface area (Å²) in [6.45, 7) is 7.22. The molecule has 3 aromatic rings. The number of amides is 1. The van der Waals surface area contributed by atoms with E-state index in [-0.39, 0.29) is 10.8 Å². The summed E-state index contributed by atoms with van der Waals surface area (Å²) in [7, 11) is -1.92. The third-order valence-electron chi connectivity index (χ3n) is 6.47. The van der Waals surface area contributed by atoms with Gasteiger partial charge in [0.2, 0.25) is 10.0 Å². The second kappa shape index (κ2) is 8.09. The van der Waals surface area contributed by atoms with Crippen LogP contribution in [0.4, 0.5) is 0 Å². The van der Waals surface area contributed by atoms with E-state index in [4.69, 9.17) is 0 Å². The first-order chi connectivity index (χ1) is 14.7. The van der Waals surface area contributed by atoms with E-state index < -0.39 is 10.0 Å². The van der Waals surface area contributed by atoms with Crippen LogP contribution in [0.25, 0.3) is 10.9 Å².